The summed E-state index contributed by atoms with van der Waals surface area (Å²) in [4.78, 5) is 4.05. The average Bonchev–Trinajstić information content (AvgIpc) is 2.41. The Morgan fingerprint density at radius 3 is 2.53 bits per heavy atom. The van der Waals surface area contributed by atoms with Gasteiger partial charge in [-0.3, -0.25) is 4.98 Å². The van der Waals surface area contributed by atoms with Crippen LogP contribution >= 0.6 is 0 Å². The van der Waals surface area contributed by atoms with E-state index in [-0.39, 0.29) is 0 Å². The molecule has 0 unspecified atom stereocenters. The highest BCUT2D eigenvalue weighted by molar-refractivity contribution is 5.49. The number of nitriles is 1. The summed E-state index contributed by atoms with van der Waals surface area (Å²) in [5.41, 5.74) is 1.00. The summed E-state index contributed by atoms with van der Waals surface area (Å²) in [7, 11) is 0. The van der Waals surface area contributed by atoms with Crippen LogP contribution in [0, 0.1) is 11.3 Å². The molecule has 2 aromatic rings. The van der Waals surface area contributed by atoms with E-state index < -0.39 is 5.54 Å². The molecule has 1 atom stereocenters. The molecule has 0 aliphatic rings. The van der Waals surface area contributed by atoms with E-state index in [0.717, 1.165) is 11.3 Å². The second-order valence-corrected chi connectivity index (χ2v) is 3.97. The van der Waals surface area contributed by atoms with Crippen LogP contribution in [0.15, 0.2) is 54.9 Å². The molecule has 0 radical (unpaired) electrons. The maximum Gasteiger partial charge on any atom is 0.149 e. The molecule has 0 aliphatic carbocycles. The lowest BCUT2D eigenvalue weighted by molar-refractivity contribution is 0.702. The Kier molecular flexibility index (Phi) is 3.06. The van der Waals surface area contributed by atoms with Crippen LogP contribution in [0.5, 0.6) is 0 Å². The number of rotatable bonds is 3. The summed E-state index contributed by atoms with van der Waals surface area (Å²) >= 11 is 0. The number of hydrogen-bond donors (Lipinski definition) is 1. The third-order valence-corrected chi connectivity index (χ3v) is 2.63. The quantitative estimate of drug-likeness (QED) is 0.870. The molecule has 0 fully saturated rings. The predicted octanol–water partition coefficient (Wildman–Crippen LogP) is 2.93. The van der Waals surface area contributed by atoms with Crippen LogP contribution in [0.2, 0.25) is 0 Å². The standard InChI is InChI=1S/C14H13N3/c1-14(11-15,12-6-5-9-16-10-12)17-13-7-3-2-4-8-13/h2-10,17H,1H3/t14-/m0/s1. The van der Waals surface area contributed by atoms with Crippen LogP contribution in [0.3, 0.4) is 0 Å². The Labute approximate surface area is 101 Å². The third kappa shape index (κ3) is 2.43. The van der Waals surface area contributed by atoms with Crippen LogP contribution in [0.25, 0.3) is 0 Å². The van der Waals surface area contributed by atoms with Gasteiger partial charge in [0.2, 0.25) is 0 Å². The van der Waals surface area contributed by atoms with E-state index in [4.69, 9.17) is 0 Å². The number of nitrogens with zero attached hydrogens (tertiary/aromatic N) is 2. The van der Waals surface area contributed by atoms with E-state index in [9.17, 15) is 5.26 Å². The van der Waals surface area contributed by atoms with Gasteiger partial charge in [0, 0.05) is 23.6 Å². The van der Waals surface area contributed by atoms with Gasteiger partial charge in [-0.1, -0.05) is 24.3 Å². The van der Waals surface area contributed by atoms with Gasteiger partial charge in [0.05, 0.1) is 6.07 Å². The van der Waals surface area contributed by atoms with Gasteiger partial charge in [-0.05, 0) is 25.1 Å². The minimum Gasteiger partial charge on any atom is -0.364 e. The molecule has 1 aromatic heterocycles. The first-order valence-corrected chi connectivity index (χ1v) is 5.39. The van der Waals surface area contributed by atoms with Gasteiger partial charge < -0.3 is 5.32 Å². The summed E-state index contributed by atoms with van der Waals surface area (Å²) < 4.78 is 0. The van der Waals surface area contributed by atoms with E-state index in [1.54, 1.807) is 12.4 Å². The van der Waals surface area contributed by atoms with Crippen molar-refractivity contribution in [3.63, 3.8) is 0 Å². The monoisotopic (exact) mass is 223 g/mol. The molecule has 84 valence electrons. The van der Waals surface area contributed by atoms with Crippen molar-refractivity contribution < 1.29 is 0 Å². The van der Waals surface area contributed by atoms with Crippen LogP contribution < -0.4 is 5.32 Å². The Balaban J connectivity index is 2.31. The van der Waals surface area contributed by atoms with Gasteiger partial charge in [-0.2, -0.15) is 5.26 Å². The highest BCUT2D eigenvalue weighted by Crippen LogP contribution is 2.24. The van der Waals surface area contributed by atoms with Crippen molar-refractivity contribution in [3.8, 4) is 6.07 Å². The number of pyridine rings is 1. The lowest BCUT2D eigenvalue weighted by Gasteiger charge is -2.24. The number of nitrogens with one attached hydrogen (secondary N) is 1. The zero-order valence-corrected chi connectivity index (χ0v) is 9.59. The lowest BCUT2D eigenvalue weighted by Crippen LogP contribution is -2.30. The number of hydrogen-bond acceptors (Lipinski definition) is 3. The maximum absolute atomic E-state index is 9.36. The van der Waals surface area contributed by atoms with Crippen molar-refractivity contribution >= 4 is 5.69 Å². The van der Waals surface area contributed by atoms with Gasteiger partial charge in [0.15, 0.2) is 0 Å². The molecule has 2 rings (SSSR count). The zero-order valence-electron chi connectivity index (χ0n) is 9.59. The summed E-state index contributed by atoms with van der Waals surface area (Å²) in [5, 5.41) is 12.6. The summed E-state index contributed by atoms with van der Waals surface area (Å²) in [5.74, 6) is 0. The molecular weight excluding hydrogens is 210 g/mol. The second kappa shape index (κ2) is 4.67. The highest BCUT2D eigenvalue weighted by Gasteiger charge is 2.26. The van der Waals surface area contributed by atoms with Crippen molar-refractivity contribution in [3.05, 3.63) is 60.4 Å². The molecule has 1 N–H and O–H groups in total. The molecular formula is C14H13N3. The van der Waals surface area contributed by atoms with E-state index >= 15 is 0 Å². The fourth-order valence-electron chi connectivity index (χ4n) is 1.63. The minimum atomic E-state index is -0.768. The predicted molar refractivity (Wildman–Crippen MR) is 67.3 cm³/mol. The molecule has 0 amide bonds. The van der Waals surface area contributed by atoms with Crippen LogP contribution in [0.1, 0.15) is 12.5 Å². The molecule has 0 saturated carbocycles. The van der Waals surface area contributed by atoms with Crippen LogP contribution in [0.4, 0.5) is 5.69 Å². The first-order valence-electron chi connectivity index (χ1n) is 5.39. The molecule has 3 nitrogen and oxygen atoms in total. The maximum atomic E-state index is 9.36. The average molecular weight is 223 g/mol. The lowest BCUT2D eigenvalue weighted by atomic mass is 9.95. The van der Waals surface area contributed by atoms with Crippen LogP contribution in [-0.4, -0.2) is 4.98 Å². The van der Waals surface area contributed by atoms with Gasteiger partial charge in [-0.25, -0.2) is 0 Å². The summed E-state index contributed by atoms with van der Waals surface area (Å²) in [6.07, 6.45) is 3.41. The summed E-state index contributed by atoms with van der Waals surface area (Å²) in [6, 6.07) is 15.7. The Bertz CT molecular complexity index is 516. The van der Waals surface area contributed by atoms with E-state index in [2.05, 4.69) is 16.4 Å². The smallest absolute Gasteiger partial charge is 0.149 e. The van der Waals surface area contributed by atoms with E-state index in [0.29, 0.717) is 0 Å². The Morgan fingerprint density at radius 2 is 1.94 bits per heavy atom. The van der Waals surface area contributed by atoms with E-state index in [1.165, 1.54) is 0 Å². The first kappa shape index (κ1) is 11.2. The molecule has 0 saturated heterocycles. The van der Waals surface area contributed by atoms with Crippen molar-refractivity contribution in [2.24, 2.45) is 0 Å². The Hall–Kier alpha value is -2.34. The molecule has 0 spiro atoms. The number of para-hydroxylation sites is 1. The van der Waals surface area contributed by atoms with Gasteiger partial charge in [0.25, 0.3) is 0 Å². The van der Waals surface area contributed by atoms with Crippen molar-refractivity contribution in [2.75, 3.05) is 5.32 Å². The van der Waals surface area contributed by atoms with Gasteiger partial charge >= 0.3 is 0 Å². The molecule has 17 heavy (non-hydrogen) atoms. The third-order valence-electron chi connectivity index (χ3n) is 2.63. The number of benzene rings is 1. The topological polar surface area (TPSA) is 48.7 Å². The largest absolute Gasteiger partial charge is 0.364 e. The fraction of sp³-hybridized carbons (Fsp3) is 0.143. The van der Waals surface area contributed by atoms with Gasteiger partial charge in [-0.15, -0.1) is 0 Å². The minimum absolute atomic E-state index is 0.768. The molecule has 3 heteroatoms. The normalized spacial score (nSPS) is 13.4. The van der Waals surface area contributed by atoms with Crippen LogP contribution in [-0.2, 0) is 5.54 Å². The molecule has 1 aromatic carbocycles. The molecule has 1 heterocycles. The first-order chi connectivity index (χ1) is 8.24. The highest BCUT2D eigenvalue weighted by atomic mass is 15.0. The van der Waals surface area contributed by atoms with Gasteiger partial charge in [0.1, 0.15) is 5.54 Å². The van der Waals surface area contributed by atoms with Crippen molar-refractivity contribution in [2.45, 2.75) is 12.5 Å². The summed E-state index contributed by atoms with van der Waals surface area (Å²) in [6.45, 7) is 1.84. The fourth-order valence-corrected chi connectivity index (χ4v) is 1.63. The molecule has 0 bridgehead atoms. The Morgan fingerprint density at radius 1 is 1.18 bits per heavy atom. The van der Waals surface area contributed by atoms with Crippen molar-refractivity contribution in [1.82, 2.24) is 4.98 Å². The molecule has 0 aliphatic heterocycles. The second-order valence-electron chi connectivity index (χ2n) is 3.97. The number of anilines is 1. The number of aromatic nitrogens is 1. The SMILES string of the molecule is C[C@@](C#N)(Nc1ccccc1)c1cccnc1. The van der Waals surface area contributed by atoms with E-state index in [1.807, 2.05) is 49.4 Å². The van der Waals surface area contributed by atoms with Crippen molar-refractivity contribution in [1.29, 1.82) is 5.26 Å². The zero-order chi connectivity index (χ0) is 12.1.